The van der Waals surface area contributed by atoms with E-state index in [-0.39, 0.29) is 29.3 Å². The van der Waals surface area contributed by atoms with Crippen LogP contribution >= 0.6 is 0 Å². The van der Waals surface area contributed by atoms with Crippen LogP contribution in [0.15, 0.2) is 36.8 Å². The lowest BCUT2D eigenvalue weighted by Gasteiger charge is -2.25. The average molecular weight is 395 g/mol. The Bertz CT molecular complexity index is 1110. The summed E-state index contributed by atoms with van der Waals surface area (Å²) < 4.78 is 15.7. The summed E-state index contributed by atoms with van der Waals surface area (Å²) in [5.41, 5.74) is 2.19. The minimum absolute atomic E-state index is 0.0258. The largest absolute Gasteiger partial charge is 0.352 e. The van der Waals surface area contributed by atoms with Gasteiger partial charge in [0.25, 0.3) is 5.91 Å². The lowest BCUT2D eigenvalue weighted by atomic mass is 9.94. The molecule has 1 aliphatic rings. The number of hydrogen-bond acceptors (Lipinski definition) is 4. The number of nitrogens with one attached hydrogen (secondary N) is 1. The van der Waals surface area contributed by atoms with Crippen LogP contribution in [0.2, 0.25) is 0 Å². The smallest absolute Gasteiger partial charge is 0.252 e. The summed E-state index contributed by atoms with van der Waals surface area (Å²) in [6, 6.07) is 4.09. The molecule has 0 aliphatic carbocycles. The first kappa shape index (κ1) is 19.0. The van der Waals surface area contributed by atoms with Crippen molar-refractivity contribution in [1.82, 2.24) is 25.0 Å². The second-order valence-electron chi connectivity index (χ2n) is 7.48. The van der Waals surface area contributed by atoms with E-state index in [1.54, 1.807) is 41.3 Å². The number of aryl methyl sites for hydroxylation is 1. The third-order valence-corrected chi connectivity index (χ3v) is 5.78. The van der Waals surface area contributed by atoms with Gasteiger partial charge in [0.2, 0.25) is 5.91 Å². The summed E-state index contributed by atoms with van der Waals surface area (Å²) >= 11 is 0. The first-order valence-corrected chi connectivity index (χ1v) is 9.42. The second-order valence-corrected chi connectivity index (χ2v) is 7.48. The molecule has 1 aromatic carbocycles. The number of nitrogens with zero attached hydrogens (tertiary/aromatic N) is 4. The first-order chi connectivity index (χ1) is 13.9. The number of halogens is 1. The number of hydrogen-bond donors (Lipinski definition) is 1. The zero-order valence-corrected chi connectivity index (χ0v) is 16.5. The van der Waals surface area contributed by atoms with Crippen molar-refractivity contribution in [3.63, 3.8) is 0 Å². The SMILES string of the molecule is Cc1c([C@@H]2[C@@H](CNC(=O)c3cc(F)cc4ccncc34)CC(=O)N2C)cnn1C. The van der Waals surface area contributed by atoms with Crippen LogP contribution in [0, 0.1) is 18.7 Å². The van der Waals surface area contributed by atoms with Crippen LogP contribution < -0.4 is 5.32 Å². The molecule has 1 N–H and O–H groups in total. The van der Waals surface area contributed by atoms with Gasteiger partial charge in [-0.15, -0.1) is 0 Å². The summed E-state index contributed by atoms with van der Waals surface area (Å²) in [6.45, 7) is 2.26. The molecule has 0 spiro atoms. The molecule has 1 aliphatic heterocycles. The zero-order chi connectivity index (χ0) is 20.7. The van der Waals surface area contributed by atoms with E-state index in [0.717, 1.165) is 11.3 Å². The number of pyridine rings is 1. The van der Waals surface area contributed by atoms with Crippen LogP contribution in [0.5, 0.6) is 0 Å². The summed E-state index contributed by atoms with van der Waals surface area (Å²) in [6.07, 6.45) is 5.22. The predicted octanol–water partition coefficient (Wildman–Crippen LogP) is 2.37. The number of amides is 2. The van der Waals surface area contributed by atoms with E-state index in [1.165, 1.54) is 12.1 Å². The lowest BCUT2D eigenvalue weighted by Crippen LogP contribution is -2.33. The Morgan fingerprint density at radius 3 is 2.83 bits per heavy atom. The van der Waals surface area contributed by atoms with Crippen LogP contribution in [-0.2, 0) is 11.8 Å². The highest BCUT2D eigenvalue weighted by Gasteiger charge is 2.40. The highest BCUT2D eigenvalue weighted by molar-refractivity contribution is 6.06. The van der Waals surface area contributed by atoms with Gasteiger partial charge in [-0.05, 0) is 30.5 Å². The Morgan fingerprint density at radius 2 is 2.10 bits per heavy atom. The van der Waals surface area contributed by atoms with Gasteiger partial charge in [0.1, 0.15) is 5.82 Å². The van der Waals surface area contributed by atoms with Crippen LogP contribution in [-0.4, -0.2) is 45.1 Å². The molecule has 3 heterocycles. The van der Waals surface area contributed by atoms with Gasteiger partial charge >= 0.3 is 0 Å². The van der Waals surface area contributed by atoms with Gasteiger partial charge in [-0.25, -0.2) is 4.39 Å². The van der Waals surface area contributed by atoms with Crippen molar-refractivity contribution in [2.75, 3.05) is 13.6 Å². The monoisotopic (exact) mass is 395 g/mol. The van der Waals surface area contributed by atoms with Gasteiger partial charge in [0, 0.05) is 62.0 Å². The maximum atomic E-state index is 14.0. The number of carbonyl (C=O) groups excluding carboxylic acids is 2. The van der Waals surface area contributed by atoms with Crippen molar-refractivity contribution >= 4 is 22.6 Å². The van der Waals surface area contributed by atoms with E-state index in [0.29, 0.717) is 23.7 Å². The number of likely N-dealkylation sites (tertiary alicyclic amines) is 1. The Morgan fingerprint density at radius 1 is 1.31 bits per heavy atom. The fraction of sp³-hybridized carbons (Fsp3) is 0.333. The van der Waals surface area contributed by atoms with Gasteiger partial charge in [-0.2, -0.15) is 5.10 Å². The molecule has 0 radical (unpaired) electrons. The Balaban J connectivity index is 1.57. The summed E-state index contributed by atoms with van der Waals surface area (Å²) in [4.78, 5) is 30.9. The molecule has 1 fully saturated rings. The molecule has 7 nitrogen and oxygen atoms in total. The standard InChI is InChI=1S/C21H22FN5O2/c1-12-17(11-25-27(12)3)20-14(7-19(28)26(20)2)9-24-21(29)16-8-15(22)6-13-4-5-23-10-18(13)16/h4-6,8,10-11,14,20H,7,9H2,1-3H3,(H,24,29)/t14-,20+/m1/s1. The maximum absolute atomic E-state index is 14.0. The average Bonchev–Trinajstić information content (AvgIpc) is 3.17. The molecular formula is C21H22FN5O2. The highest BCUT2D eigenvalue weighted by atomic mass is 19.1. The van der Waals surface area contributed by atoms with Gasteiger partial charge in [-0.3, -0.25) is 19.3 Å². The van der Waals surface area contributed by atoms with Crippen LogP contribution in [0.25, 0.3) is 10.8 Å². The van der Waals surface area contributed by atoms with Crippen molar-refractivity contribution in [3.8, 4) is 0 Å². The predicted molar refractivity (Wildman–Crippen MR) is 106 cm³/mol. The minimum Gasteiger partial charge on any atom is -0.352 e. The van der Waals surface area contributed by atoms with Gasteiger partial charge in [-0.1, -0.05) is 0 Å². The topological polar surface area (TPSA) is 80.1 Å². The molecule has 1 saturated heterocycles. The quantitative estimate of drug-likeness (QED) is 0.736. The Labute approximate surface area is 167 Å². The maximum Gasteiger partial charge on any atom is 0.252 e. The van der Waals surface area contributed by atoms with Crippen molar-refractivity contribution in [1.29, 1.82) is 0 Å². The van der Waals surface area contributed by atoms with E-state index >= 15 is 0 Å². The number of rotatable bonds is 4. The van der Waals surface area contributed by atoms with E-state index < -0.39 is 5.82 Å². The van der Waals surface area contributed by atoms with Crippen LogP contribution in [0.4, 0.5) is 4.39 Å². The molecule has 0 unspecified atom stereocenters. The van der Waals surface area contributed by atoms with E-state index in [4.69, 9.17) is 0 Å². The molecule has 3 aromatic rings. The van der Waals surface area contributed by atoms with Crippen molar-refractivity contribution in [2.24, 2.45) is 13.0 Å². The third-order valence-electron chi connectivity index (χ3n) is 5.78. The Kier molecular flexibility index (Phi) is 4.77. The number of fused-ring (bicyclic) bond motifs is 1. The van der Waals surface area contributed by atoms with Crippen molar-refractivity contribution in [2.45, 2.75) is 19.4 Å². The molecule has 2 amide bonds. The van der Waals surface area contributed by atoms with Crippen molar-refractivity contribution in [3.05, 3.63) is 59.4 Å². The van der Waals surface area contributed by atoms with E-state index in [1.807, 2.05) is 14.0 Å². The van der Waals surface area contributed by atoms with E-state index in [2.05, 4.69) is 15.4 Å². The highest BCUT2D eigenvalue weighted by Crippen LogP contribution is 2.37. The fourth-order valence-corrected chi connectivity index (χ4v) is 4.07. The van der Waals surface area contributed by atoms with Crippen LogP contribution in [0.3, 0.4) is 0 Å². The summed E-state index contributed by atoms with van der Waals surface area (Å²) in [5, 5.41) is 8.38. The Hall–Kier alpha value is -3.29. The van der Waals surface area contributed by atoms with Crippen molar-refractivity contribution < 1.29 is 14.0 Å². The van der Waals surface area contributed by atoms with Gasteiger partial charge in [0.05, 0.1) is 17.8 Å². The third kappa shape index (κ3) is 3.35. The zero-order valence-electron chi connectivity index (χ0n) is 16.5. The van der Waals surface area contributed by atoms with E-state index in [9.17, 15) is 14.0 Å². The minimum atomic E-state index is -0.478. The van der Waals surface area contributed by atoms with Crippen LogP contribution in [0.1, 0.15) is 34.1 Å². The first-order valence-electron chi connectivity index (χ1n) is 9.42. The molecule has 4 rings (SSSR count). The molecule has 0 bridgehead atoms. The fourth-order valence-electron chi connectivity index (χ4n) is 4.07. The summed E-state index contributed by atoms with van der Waals surface area (Å²) in [5.74, 6) is -0.935. The summed E-state index contributed by atoms with van der Waals surface area (Å²) in [7, 11) is 3.63. The molecule has 2 aromatic heterocycles. The second kappa shape index (κ2) is 7.27. The molecule has 8 heteroatoms. The normalized spacial score (nSPS) is 19.2. The van der Waals surface area contributed by atoms with Gasteiger partial charge < -0.3 is 10.2 Å². The lowest BCUT2D eigenvalue weighted by molar-refractivity contribution is -0.127. The number of benzene rings is 1. The number of aromatic nitrogens is 3. The van der Waals surface area contributed by atoms with Gasteiger partial charge in [0.15, 0.2) is 0 Å². The molecule has 0 saturated carbocycles. The molecular weight excluding hydrogens is 373 g/mol. The molecule has 150 valence electrons. The molecule has 2 atom stereocenters. The molecule has 29 heavy (non-hydrogen) atoms. The number of carbonyl (C=O) groups is 2.